The predicted octanol–water partition coefficient (Wildman–Crippen LogP) is 1.64. The van der Waals surface area contributed by atoms with Crippen molar-refractivity contribution >= 4 is 11.1 Å². The molecule has 1 aromatic heterocycles. The van der Waals surface area contributed by atoms with Crippen molar-refractivity contribution in [2.24, 2.45) is 11.7 Å². The van der Waals surface area contributed by atoms with Gasteiger partial charge in [0.25, 0.3) is 0 Å². The second-order valence-electron chi connectivity index (χ2n) is 4.73. The molecule has 0 aliphatic heterocycles. The van der Waals surface area contributed by atoms with Gasteiger partial charge in [-0.3, -0.25) is 4.21 Å². The maximum Gasteiger partial charge on any atom is 0.247 e. The van der Waals surface area contributed by atoms with E-state index in [2.05, 4.69) is 10.2 Å². The lowest BCUT2D eigenvalue weighted by Gasteiger charge is -2.15. The Bertz CT molecular complexity index is 573. The lowest BCUT2D eigenvalue weighted by Crippen LogP contribution is -2.18. The first-order chi connectivity index (χ1) is 9.56. The number of hydrogen-bond donors (Lipinski definition) is 1. The molecule has 6 nitrogen and oxygen atoms in total. The van der Waals surface area contributed by atoms with E-state index >= 15 is 0 Å². The zero-order chi connectivity index (χ0) is 14.5. The zero-order valence-corrected chi connectivity index (χ0v) is 11.9. The molecule has 2 N–H and O–H groups in total. The van der Waals surface area contributed by atoms with Crippen molar-refractivity contribution in [1.82, 2.24) is 10.2 Å². The fraction of sp³-hybridized carbons (Fsp3) is 0.385. The number of nitrogens with two attached hydrogens (primary N) is 1. The summed E-state index contributed by atoms with van der Waals surface area (Å²) in [4.78, 5) is 0. The van der Waals surface area contributed by atoms with Crippen molar-refractivity contribution < 1.29 is 13.2 Å². The molecular weight excluding hydrogens is 278 g/mol. The van der Waals surface area contributed by atoms with Gasteiger partial charge in [-0.05, 0) is 24.5 Å². The number of benzene rings is 1. The van der Waals surface area contributed by atoms with Crippen LogP contribution in [0.2, 0.25) is 0 Å². The molecular formula is C13H16N3O3S-. The van der Waals surface area contributed by atoms with Crippen LogP contribution in [0.1, 0.15) is 25.3 Å². The lowest BCUT2D eigenvalue weighted by atomic mass is 10.0. The summed E-state index contributed by atoms with van der Waals surface area (Å²) in [6.45, 7) is 1.82. The Morgan fingerprint density at radius 1 is 1.35 bits per heavy atom. The van der Waals surface area contributed by atoms with Gasteiger partial charge in [0.2, 0.25) is 11.8 Å². The van der Waals surface area contributed by atoms with E-state index in [1.807, 2.05) is 37.3 Å². The Kier molecular flexibility index (Phi) is 4.99. The van der Waals surface area contributed by atoms with Crippen molar-refractivity contribution in [3.05, 3.63) is 36.2 Å². The first-order valence-corrected chi connectivity index (χ1v) is 7.51. The molecule has 3 unspecified atom stereocenters. The quantitative estimate of drug-likeness (QED) is 0.812. The van der Waals surface area contributed by atoms with E-state index in [9.17, 15) is 8.76 Å². The largest absolute Gasteiger partial charge is 0.772 e. The van der Waals surface area contributed by atoms with Gasteiger partial charge >= 0.3 is 0 Å². The minimum absolute atomic E-state index is 0.0598. The zero-order valence-electron chi connectivity index (χ0n) is 11.1. The van der Waals surface area contributed by atoms with Gasteiger partial charge in [0.1, 0.15) is 0 Å². The van der Waals surface area contributed by atoms with Crippen LogP contribution in [-0.2, 0) is 11.1 Å². The molecule has 0 radical (unpaired) electrons. The van der Waals surface area contributed by atoms with Crippen molar-refractivity contribution in [1.29, 1.82) is 0 Å². The summed E-state index contributed by atoms with van der Waals surface area (Å²) in [7, 11) is 0. The van der Waals surface area contributed by atoms with Crippen molar-refractivity contribution in [3.63, 3.8) is 0 Å². The molecule has 0 spiro atoms. The lowest BCUT2D eigenvalue weighted by molar-refractivity contribution is 0.405. The van der Waals surface area contributed by atoms with E-state index in [1.165, 1.54) is 0 Å². The highest BCUT2D eigenvalue weighted by Crippen LogP contribution is 2.22. The minimum Gasteiger partial charge on any atom is -0.772 e. The van der Waals surface area contributed by atoms with Crippen LogP contribution < -0.4 is 5.73 Å². The van der Waals surface area contributed by atoms with Gasteiger partial charge in [-0.1, -0.05) is 36.2 Å². The molecule has 0 amide bonds. The van der Waals surface area contributed by atoms with Crippen molar-refractivity contribution in [3.8, 4) is 11.5 Å². The second-order valence-corrected chi connectivity index (χ2v) is 5.67. The van der Waals surface area contributed by atoms with Gasteiger partial charge in [-0.2, -0.15) is 0 Å². The molecule has 0 fully saturated rings. The molecule has 0 aliphatic rings. The Morgan fingerprint density at radius 3 is 2.70 bits per heavy atom. The molecule has 3 atom stereocenters. The smallest absolute Gasteiger partial charge is 0.247 e. The fourth-order valence-corrected chi connectivity index (χ4v) is 2.52. The van der Waals surface area contributed by atoms with Gasteiger partial charge in [0.05, 0.1) is 6.04 Å². The number of aromatic nitrogens is 2. The molecule has 0 aliphatic carbocycles. The Labute approximate surface area is 119 Å². The normalized spacial score (nSPS) is 15.8. The number of nitrogens with zero attached hydrogens (tertiary/aromatic N) is 2. The van der Waals surface area contributed by atoms with Crippen LogP contribution in [0.25, 0.3) is 11.5 Å². The first kappa shape index (κ1) is 14.8. The van der Waals surface area contributed by atoms with E-state index in [-0.39, 0.29) is 11.7 Å². The van der Waals surface area contributed by atoms with E-state index in [1.54, 1.807) is 0 Å². The van der Waals surface area contributed by atoms with Crippen LogP contribution in [0.15, 0.2) is 34.7 Å². The third kappa shape index (κ3) is 3.96. The monoisotopic (exact) mass is 294 g/mol. The van der Waals surface area contributed by atoms with Gasteiger partial charge < -0.3 is 14.7 Å². The third-order valence-corrected chi connectivity index (χ3v) is 3.70. The average molecular weight is 294 g/mol. The Morgan fingerprint density at radius 2 is 2.05 bits per heavy atom. The van der Waals surface area contributed by atoms with Crippen LogP contribution >= 0.6 is 0 Å². The van der Waals surface area contributed by atoms with E-state index in [4.69, 9.17) is 10.2 Å². The van der Waals surface area contributed by atoms with Crippen LogP contribution in [-0.4, -0.2) is 24.7 Å². The van der Waals surface area contributed by atoms with Crippen molar-refractivity contribution in [2.45, 2.75) is 19.4 Å². The molecule has 1 aromatic carbocycles. The van der Waals surface area contributed by atoms with E-state index in [0.717, 1.165) is 5.56 Å². The van der Waals surface area contributed by atoms with Crippen LogP contribution in [0, 0.1) is 5.92 Å². The third-order valence-electron chi connectivity index (χ3n) is 2.86. The molecule has 20 heavy (non-hydrogen) atoms. The van der Waals surface area contributed by atoms with Gasteiger partial charge in [-0.15, -0.1) is 10.2 Å². The molecule has 0 saturated carbocycles. The van der Waals surface area contributed by atoms with Crippen LogP contribution in [0.5, 0.6) is 0 Å². The minimum atomic E-state index is -2.07. The molecule has 0 saturated heterocycles. The Hall–Kier alpha value is -1.57. The van der Waals surface area contributed by atoms with Crippen LogP contribution in [0.3, 0.4) is 0 Å². The van der Waals surface area contributed by atoms with Crippen LogP contribution in [0.4, 0.5) is 0 Å². The first-order valence-electron chi connectivity index (χ1n) is 6.26. The number of rotatable bonds is 6. The molecule has 2 rings (SSSR count). The highest BCUT2D eigenvalue weighted by atomic mass is 32.2. The summed E-state index contributed by atoms with van der Waals surface area (Å²) < 4.78 is 26.8. The molecule has 1 heterocycles. The topological polar surface area (TPSA) is 105 Å². The summed E-state index contributed by atoms with van der Waals surface area (Å²) in [5.41, 5.74) is 6.79. The Balaban J connectivity index is 2.03. The summed E-state index contributed by atoms with van der Waals surface area (Å²) in [5.74, 6) is 0.756. The van der Waals surface area contributed by atoms with Gasteiger partial charge in [-0.25, -0.2) is 0 Å². The maximum absolute atomic E-state index is 10.6. The van der Waals surface area contributed by atoms with Gasteiger partial charge in [0, 0.05) is 11.3 Å². The molecule has 7 heteroatoms. The van der Waals surface area contributed by atoms with Gasteiger partial charge in [0.15, 0.2) is 0 Å². The number of hydrogen-bond acceptors (Lipinski definition) is 6. The summed E-state index contributed by atoms with van der Waals surface area (Å²) >= 11 is -2.07. The van der Waals surface area contributed by atoms with Crippen molar-refractivity contribution in [2.75, 3.05) is 5.75 Å². The summed E-state index contributed by atoms with van der Waals surface area (Å²) in [6.07, 6.45) is 0.477. The highest BCUT2D eigenvalue weighted by Gasteiger charge is 2.18. The molecule has 2 aromatic rings. The summed E-state index contributed by atoms with van der Waals surface area (Å²) in [5, 5.41) is 7.89. The maximum atomic E-state index is 10.6. The highest BCUT2D eigenvalue weighted by molar-refractivity contribution is 7.79. The fourth-order valence-electron chi connectivity index (χ4n) is 1.92. The van der Waals surface area contributed by atoms with E-state index < -0.39 is 17.1 Å². The predicted molar refractivity (Wildman–Crippen MR) is 74.2 cm³/mol. The average Bonchev–Trinajstić information content (AvgIpc) is 2.88. The molecule has 108 valence electrons. The SMILES string of the molecule is CC(CC(N)c1nnc(-c2ccccc2)o1)CS(=O)[O-]. The standard InChI is InChI=1S/C13H17N3O3S/c1-9(8-20(17)18)7-11(14)13-16-15-12(19-13)10-5-3-2-4-6-10/h2-6,9,11H,7-8,14H2,1H3,(H,17,18)/p-1. The summed E-state index contributed by atoms with van der Waals surface area (Å²) in [6, 6.07) is 8.93. The van der Waals surface area contributed by atoms with E-state index in [0.29, 0.717) is 18.2 Å². The second kappa shape index (κ2) is 6.74. The molecule has 0 bridgehead atoms.